The topological polar surface area (TPSA) is 50.3 Å². The molecule has 2 aromatic heterocycles. The van der Waals surface area contributed by atoms with Crippen LogP contribution in [0.5, 0.6) is 0 Å². The van der Waals surface area contributed by atoms with Gasteiger partial charge in [0.25, 0.3) is 0 Å². The molecular formula is C29H22FN3OS. The summed E-state index contributed by atoms with van der Waals surface area (Å²) in [6, 6.07) is 27.9. The smallest absolute Gasteiger partial charge is 0.137 e. The van der Waals surface area contributed by atoms with Crippen LogP contribution in [-0.4, -0.2) is 22.6 Å². The normalized spacial score (nSPS) is 15.3. The molecule has 35 heavy (non-hydrogen) atoms. The van der Waals surface area contributed by atoms with Crippen molar-refractivity contribution >= 4 is 28.3 Å². The second kappa shape index (κ2) is 8.84. The van der Waals surface area contributed by atoms with Gasteiger partial charge in [-0.25, -0.2) is 9.37 Å². The van der Waals surface area contributed by atoms with E-state index in [1.807, 2.05) is 36.4 Å². The van der Waals surface area contributed by atoms with Crippen molar-refractivity contribution in [3.05, 3.63) is 96.4 Å². The predicted molar refractivity (Wildman–Crippen MR) is 136 cm³/mol. The second-order valence-corrected chi connectivity index (χ2v) is 10.0. The van der Waals surface area contributed by atoms with E-state index in [4.69, 9.17) is 9.72 Å². The van der Waals surface area contributed by atoms with Gasteiger partial charge in [-0.3, -0.25) is 4.40 Å². The first-order chi connectivity index (χ1) is 17.1. The minimum Gasteiger partial charge on any atom is -0.381 e. The number of imidazole rings is 1. The number of fused-ring (bicyclic) bond motifs is 3. The standard InChI is InChI=1S/C29H22FN3OS/c30-23-15-22(29(19-31)10-12-34-13-11-29)16-25(17-23)35-24-7-8-27-21(14-24)6-9-28-32-26(18-33(27)28)20-4-2-1-3-5-20/h1-9,14-18H,10-13H2. The Balaban J connectivity index is 1.34. The summed E-state index contributed by atoms with van der Waals surface area (Å²) in [6.45, 7) is 1.04. The number of hydrogen-bond acceptors (Lipinski definition) is 4. The molecule has 3 aromatic carbocycles. The molecule has 5 aromatic rings. The minimum absolute atomic E-state index is 0.319. The van der Waals surface area contributed by atoms with Gasteiger partial charge in [0.1, 0.15) is 11.5 Å². The van der Waals surface area contributed by atoms with Crippen LogP contribution >= 0.6 is 11.8 Å². The fourth-order valence-electron chi connectivity index (χ4n) is 4.79. The average Bonchev–Trinajstić information content (AvgIpc) is 3.34. The van der Waals surface area contributed by atoms with Crippen molar-refractivity contribution in [2.75, 3.05) is 13.2 Å². The van der Waals surface area contributed by atoms with Crippen molar-refractivity contribution in [3.8, 4) is 17.3 Å². The zero-order valence-corrected chi connectivity index (χ0v) is 19.8. The Bertz CT molecular complexity index is 1580. The maximum absolute atomic E-state index is 14.6. The molecule has 0 unspecified atom stereocenters. The van der Waals surface area contributed by atoms with Crippen molar-refractivity contribution in [2.24, 2.45) is 0 Å². The van der Waals surface area contributed by atoms with Gasteiger partial charge in [0.15, 0.2) is 0 Å². The van der Waals surface area contributed by atoms with E-state index in [9.17, 15) is 9.65 Å². The van der Waals surface area contributed by atoms with Crippen molar-refractivity contribution in [2.45, 2.75) is 28.0 Å². The number of nitrogens with zero attached hydrogens (tertiary/aromatic N) is 3. The van der Waals surface area contributed by atoms with Crippen LogP contribution in [0.25, 0.3) is 27.8 Å². The van der Waals surface area contributed by atoms with Crippen molar-refractivity contribution in [1.29, 1.82) is 5.26 Å². The highest BCUT2D eigenvalue weighted by Gasteiger charge is 2.35. The summed E-state index contributed by atoms with van der Waals surface area (Å²) < 4.78 is 22.1. The maximum Gasteiger partial charge on any atom is 0.137 e. The number of hydrogen-bond donors (Lipinski definition) is 0. The highest BCUT2D eigenvalue weighted by Crippen LogP contribution is 2.38. The zero-order chi connectivity index (χ0) is 23.8. The molecule has 0 bridgehead atoms. The minimum atomic E-state index is -0.692. The van der Waals surface area contributed by atoms with Crippen LogP contribution < -0.4 is 0 Å². The fraction of sp³-hybridized carbons (Fsp3) is 0.172. The van der Waals surface area contributed by atoms with E-state index in [-0.39, 0.29) is 5.82 Å². The number of benzene rings is 3. The van der Waals surface area contributed by atoms with E-state index in [2.05, 4.69) is 47.0 Å². The number of ether oxygens (including phenoxy) is 1. The third-order valence-electron chi connectivity index (χ3n) is 6.69. The van der Waals surface area contributed by atoms with Crippen LogP contribution in [0.3, 0.4) is 0 Å². The molecule has 0 atom stereocenters. The highest BCUT2D eigenvalue weighted by atomic mass is 32.2. The highest BCUT2D eigenvalue weighted by molar-refractivity contribution is 7.99. The van der Waals surface area contributed by atoms with Crippen LogP contribution in [-0.2, 0) is 10.2 Å². The van der Waals surface area contributed by atoms with Gasteiger partial charge in [0.05, 0.1) is 22.7 Å². The van der Waals surface area contributed by atoms with Crippen molar-refractivity contribution < 1.29 is 9.13 Å². The molecule has 0 aliphatic carbocycles. The van der Waals surface area contributed by atoms with Crippen molar-refractivity contribution in [3.63, 3.8) is 0 Å². The first-order valence-corrected chi connectivity index (χ1v) is 12.4. The Morgan fingerprint density at radius 1 is 0.943 bits per heavy atom. The van der Waals surface area contributed by atoms with Crippen molar-refractivity contribution in [1.82, 2.24) is 9.38 Å². The second-order valence-electron chi connectivity index (χ2n) is 8.86. The van der Waals surface area contributed by atoms with Gasteiger partial charge < -0.3 is 4.74 Å². The number of pyridine rings is 1. The molecule has 1 aliphatic rings. The Morgan fingerprint density at radius 2 is 1.77 bits per heavy atom. The lowest BCUT2D eigenvalue weighted by Gasteiger charge is -2.31. The molecule has 0 spiro atoms. The molecule has 4 nitrogen and oxygen atoms in total. The van der Waals surface area contributed by atoms with Gasteiger partial charge in [0, 0.05) is 34.8 Å². The van der Waals surface area contributed by atoms with Crippen LogP contribution in [0, 0.1) is 17.1 Å². The first kappa shape index (κ1) is 21.8. The molecule has 1 saturated heterocycles. The summed E-state index contributed by atoms with van der Waals surface area (Å²) >= 11 is 1.51. The molecule has 172 valence electrons. The van der Waals surface area contributed by atoms with Crippen LogP contribution in [0.15, 0.2) is 94.9 Å². The summed E-state index contributed by atoms with van der Waals surface area (Å²) in [5.74, 6) is -0.319. The SMILES string of the molecule is N#CC1(c2cc(F)cc(Sc3ccc4c(ccc5nc(-c6ccccc6)cn54)c3)c2)CCOCC1. The largest absolute Gasteiger partial charge is 0.381 e. The van der Waals surface area contributed by atoms with Gasteiger partial charge in [-0.2, -0.15) is 5.26 Å². The average molecular weight is 480 g/mol. The van der Waals surface area contributed by atoms with E-state index in [0.717, 1.165) is 43.2 Å². The molecule has 6 heteroatoms. The van der Waals surface area contributed by atoms with E-state index in [0.29, 0.717) is 26.1 Å². The number of aromatic nitrogens is 2. The number of nitriles is 1. The fourth-order valence-corrected chi connectivity index (χ4v) is 5.74. The van der Waals surface area contributed by atoms with Gasteiger partial charge in [-0.1, -0.05) is 42.1 Å². The van der Waals surface area contributed by atoms with Crippen LogP contribution in [0.2, 0.25) is 0 Å². The van der Waals surface area contributed by atoms with Gasteiger partial charge >= 0.3 is 0 Å². The molecule has 1 aliphatic heterocycles. The third kappa shape index (κ3) is 4.07. The first-order valence-electron chi connectivity index (χ1n) is 11.6. The number of halogens is 1. The summed E-state index contributed by atoms with van der Waals surface area (Å²) in [6.07, 6.45) is 3.23. The van der Waals surface area contributed by atoms with Gasteiger partial charge in [0.2, 0.25) is 0 Å². The lowest BCUT2D eigenvalue weighted by Crippen LogP contribution is -2.32. The molecular weight excluding hydrogens is 457 g/mol. The quantitative estimate of drug-likeness (QED) is 0.278. The molecule has 0 radical (unpaired) electrons. The molecule has 0 N–H and O–H groups in total. The third-order valence-corrected chi connectivity index (χ3v) is 7.65. The lowest BCUT2D eigenvalue weighted by atomic mass is 9.75. The summed E-state index contributed by atoms with van der Waals surface area (Å²) in [7, 11) is 0. The van der Waals surface area contributed by atoms with E-state index in [1.54, 1.807) is 0 Å². The molecule has 6 rings (SSSR count). The Hall–Kier alpha value is -3.66. The van der Waals surface area contributed by atoms with E-state index in [1.165, 1.54) is 23.9 Å². The molecule has 0 saturated carbocycles. The maximum atomic E-state index is 14.6. The summed E-state index contributed by atoms with van der Waals surface area (Å²) in [5, 5.41) is 11.0. The molecule has 1 fully saturated rings. The van der Waals surface area contributed by atoms with E-state index < -0.39 is 5.41 Å². The summed E-state index contributed by atoms with van der Waals surface area (Å²) in [4.78, 5) is 6.58. The lowest BCUT2D eigenvalue weighted by molar-refractivity contribution is 0.0674. The summed E-state index contributed by atoms with van der Waals surface area (Å²) in [5.41, 5.74) is 4.02. The monoisotopic (exact) mass is 479 g/mol. The zero-order valence-electron chi connectivity index (χ0n) is 18.9. The van der Waals surface area contributed by atoms with Crippen LogP contribution in [0.4, 0.5) is 4.39 Å². The Kier molecular flexibility index (Phi) is 5.52. The predicted octanol–water partition coefficient (Wildman–Crippen LogP) is 7.02. The van der Waals surface area contributed by atoms with E-state index >= 15 is 0 Å². The van der Waals surface area contributed by atoms with Crippen LogP contribution in [0.1, 0.15) is 18.4 Å². The van der Waals surface area contributed by atoms with Gasteiger partial charge in [-0.15, -0.1) is 0 Å². The Morgan fingerprint density at radius 3 is 2.57 bits per heavy atom. The molecule has 0 amide bonds. The van der Waals surface area contributed by atoms with Gasteiger partial charge in [-0.05, 0) is 72.3 Å². The number of rotatable bonds is 4. The Labute approximate surface area is 207 Å². The molecule has 3 heterocycles.